The van der Waals surface area contributed by atoms with E-state index in [1.54, 1.807) is 25.5 Å². The number of nitrogens with zero attached hydrogens (tertiary/aromatic N) is 1. The van der Waals surface area contributed by atoms with E-state index in [0.717, 1.165) is 28.0 Å². The van der Waals surface area contributed by atoms with E-state index in [1.165, 1.54) is 0 Å². The number of methoxy groups -OCH3 is 1. The van der Waals surface area contributed by atoms with Gasteiger partial charge in [0.15, 0.2) is 0 Å². The summed E-state index contributed by atoms with van der Waals surface area (Å²) in [5, 5.41) is 11.6. The molecule has 0 aliphatic carbocycles. The number of hydrogen-bond donors (Lipinski definition) is 3. The minimum absolute atomic E-state index is 0.103. The van der Waals surface area contributed by atoms with E-state index >= 15 is 0 Å². The van der Waals surface area contributed by atoms with Gasteiger partial charge in [-0.3, -0.25) is 9.79 Å². The number of amides is 1. The number of carbonyl (C=O) groups is 1. The average Bonchev–Trinajstić information content (AvgIpc) is 2.78. The van der Waals surface area contributed by atoms with Crippen LogP contribution in [0, 0.1) is 0 Å². The van der Waals surface area contributed by atoms with Crippen LogP contribution in [0.3, 0.4) is 0 Å². The van der Waals surface area contributed by atoms with Gasteiger partial charge in [0.2, 0.25) is 0 Å². The van der Waals surface area contributed by atoms with Gasteiger partial charge in [-0.15, -0.1) is 0 Å². The number of nitrogens with two attached hydrogens (primary N) is 1. The highest BCUT2D eigenvalue weighted by molar-refractivity contribution is 5.99. The summed E-state index contributed by atoms with van der Waals surface area (Å²) >= 11 is 0. The van der Waals surface area contributed by atoms with Gasteiger partial charge in [-0.1, -0.05) is 36.4 Å². The van der Waals surface area contributed by atoms with E-state index in [4.69, 9.17) is 15.6 Å². The predicted octanol–water partition coefficient (Wildman–Crippen LogP) is 3.29. The molecule has 0 heterocycles. The molecule has 0 radical (unpaired) electrons. The number of aliphatic hydroxyl groups excluding tert-OH is 1. The Morgan fingerprint density at radius 3 is 2.73 bits per heavy atom. The Morgan fingerprint density at radius 1 is 1.13 bits per heavy atom. The molecule has 4 N–H and O–H groups in total. The predicted molar refractivity (Wildman–Crippen MR) is 120 cm³/mol. The molecule has 3 rings (SSSR count). The Hall–Kier alpha value is -3.64. The van der Waals surface area contributed by atoms with Crippen molar-refractivity contribution in [2.24, 2.45) is 4.99 Å². The van der Waals surface area contributed by atoms with E-state index in [0.29, 0.717) is 17.8 Å². The van der Waals surface area contributed by atoms with Crippen molar-refractivity contribution in [1.82, 2.24) is 5.32 Å². The lowest BCUT2D eigenvalue weighted by Gasteiger charge is -2.11. The molecule has 0 unspecified atom stereocenters. The summed E-state index contributed by atoms with van der Waals surface area (Å²) in [5.41, 5.74) is 10.9. The van der Waals surface area contributed by atoms with Gasteiger partial charge in [-0.2, -0.15) is 0 Å². The second-order valence-electron chi connectivity index (χ2n) is 6.69. The number of aliphatic hydroxyl groups is 1. The molecule has 3 aromatic rings. The maximum Gasteiger partial charge on any atom is 0.251 e. The molecule has 6 nitrogen and oxygen atoms in total. The maximum absolute atomic E-state index is 12.2. The Balaban J connectivity index is 1.87. The van der Waals surface area contributed by atoms with Crippen LogP contribution in [0.25, 0.3) is 11.1 Å². The summed E-state index contributed by atoms with van der Waals surface area (Å²) in [5.74, 6) is 0.557. The van der Waals surface area contributed by atoms with Crippen molar-refractivity contribution in [3.05, 3.63) is 83.4 Å². The van der Waals surface area contributed by atoms with E-state index in [1.807, 2.05) is 54.6 Å². The van der Waals surface area contributed by atoms with Gasteiger partial charge < -0.3 is 20.9 Å². The first-order chi connectivity index (χ1) is 14.6. The standard InChI is InChI=1S/C24H25N3O3/c1-30-20-8-2-5-17(13-20)15-26-16-22-21(9-4-10-23(22)25)18-6-3-7-19(14-18)24(29)27-11-12-28/h2-10,13-14,16,28H,11-12,15,25H2,1H3,(H,27,29). The fraction of sp³-hybridized carbons (Fsp3) is 0.167. The summed E-state index contributed by atoms with van der Waals surface area (Å²) in [4.78, 5) is 16.8. The molecule has 0 spiro atoms. The number of rotatable bonds is 8. The largest absolute Gasteiger partial charge is 0.497 e. The molecule has 154 valence electrons. The molecular weight excluding hydrogens is 378 g/mol. The number of ether oxygens (including phenoxy) is 1. The summed E-state index contributed by atoms with van der Waals surface area (Å²) < 4.78 is 5.25. The number of nitrogen functional groups attached to an aromatic ring is 1. The smallest absolute Gasteiger partial charge is 0.251 e. The Kier molecular flexibility index (Phi) is 7.19. The average molecular weight is 403 g/mol. The zero-order valence-corrected chi connectivity index (χ0v) is 16.8. The molecule has 0 bridgehead atoms. The number of hydrogen-bond acceptors (Lipinski definition) is 5. The minimum atomic E-state index is -0.233. The fourth-order valence-corrected chi connectivity index (χ4v) is 3.09. The molecule has 0 aliphatic heterocycles. The van der Waals surface area contributed by atoms with Gasteiger partial charge in [0, 0.05) is 29.6 Å². The van der Waals surface area contributed by atoms with Crippen LogP contribution in [0.5, 0.6) is 5.75 Å². The van der Waals surface area contributed by atoms with Crippen molar-refractivity contribution in [1.29, 1.82) is 0 Å². The summed E-state index contributed by atoms with van der Waals surface area (Å²) in [6.45, 7) is 0.604. The zero-order valence-electron chi connectivity index (χ0n) is 16.8. The van der Waals surface area contributed by atoms with Crippen LogP contribution >= 0.6 is 0 Å². The molecule has 0 fully saturated rings. The molecule has 30 heavy (non-hydrogen) atoms. The number of carbonyl (C=O) groups excluding carboxylic acids is 1. The first kappa shape index (κ1) is 21.1. The Labute approximate surface area is 176 Å². The normalized spacial score (nSPS) is 10.9. The van der Waals surface area contributed by atoms with Crippen molar-refractivity contribution >= 4 is 17.8 Å². The molecule has 0 atom stereocenters. The van der Waals surface area contributed by atoms with Gasteiger partial charge in [-0.25, -0.2) is 0 Å². The van der Waals surface area contributed by atoms with Gasteiger partial charge in [0.1, 0.15) is 5.75 Å². The highest BCUT2D eigenvalue weighted by Crippen LogP contribution is 2.27. The monoisotopic (exact) mass is 403 g/mol. The third kappa shape index (κ3) is 5.24. The molecule has 0 saturated heterocycles. The van der Waals surface area contributed by atoms with Crippen molar-refractivity contribution in [2.75, 3.05) is 26.0 Å². The number of benzene rings is 3. The molecule has 0 aliphatic rings. The van der Waals surface area contributed by atoms with Crippen LogP contribution in [-0.4, -0.2) is 37.5 Å². The van der Waals surface area contributed by atoms with Crippen LogP contribution in [0.15, 0.2) is 71.7 Å². The van der Waals surface area contributed by atoms with Crippen LogP contribution in [0.4, 0.5) is 5.69 Å². The van der Waals surface area contributed by atoms with Crippen molar-refractivity contribution in [2.45, 2.75) is 6.54 Å². The molecule has 0 aromatic heterocycles. The van der Waals surface area contributed by atoms with E-state index in [-0.39, 0.29) is 19.1 Å². The van der Waals surface area contributed by atoms with Crippen molar-refractivity contribution in [3.8, 4) is 16.9 Å². The highest BCUT2D eigenvalue weighted by Gasteiger charge is 2.10. The lowest BCUT2D eigenvalue weighted by Crippen LogP contribution is -2.26. The summed E-state index contributed by atoms with van der Waals surface area (Å²) in [7, 11) is 1.64. The third-order valence-corrected chi connectivity index (χ3v) is 4.60. The number of aliphatic imine (C=N–C) groups is 1. The van der Waals surface area contributed by atoms with Crippen LogP contribution in [0.1, 0.15) is 21.5 Å². The van der Waals surface area contributed by atoms with Gasteiger partial charge in [0.25, 0.3) is 5.91 Å². The highest BCUT2D eigenvalue weighted by atomic mass is 16.5. The molecule has 0 saturated carbocycles. The van der Waals surface area contributed by atoms with E-state index < -0.39 is 0 Å². The lowest BCUT2D eigenvalue weighted by atomic mass is 9.97. The van der Waals surface area contributed by atoms with Crippen LogP contribution in [-0.2, 0) is 6.54 Å². The summed E-state index contributed by atoms with van der Waals surface area (Å²) in [6.07, 6.45) is 1.77. The fourth-order valence-electron chi connectivity index (χ4n) is 3.09. The Bertz CT molecular complexity index is 1050. The SMILES string of the molecule is COc1cccc(CN=Cc2c(N)cccc2-c2cccc(C(=O)NCCO)c2)c1. The maximum atomic E-state index is 12.2. The van der Waals surface area contributed by atoms with Crippen LogP contribution < -0.4 is 15.8 Å². The van der Waals surface area contributed by atoms with Gasteiger partial charge in [-0.05, 0) is 47.0 Å². The first-order valence-electron chi connectivity index (χ1n) is 9.63. The molecule has 6 heteroatoms. The van der Waals surface area contributed by atoms with Gasteiger partial charge in [0.05, 0.1) is 20.3 Å². The molecular formula is C24H25N3O3. The lowest BCUT2D eigenvalue weighted by molar-refractivity contribution is 0.0945. The molecule has 3 aromatic carbocycles. The first-order valence-corrected chi connectivity index (χ1v) is 9.63. The summed E-state index contributed by atoms with van der Waals surface area (Å²) in [6, 6.07) is 20.7. The van der Waals surface area contributed by atoms with Crippen LogP contribution in [0.2, 0.25) is 0 Å². The van der Waals surface area contributed by atoms with Crippen molar-refractivity contribution < 1.29 is 14.6 Å². The molecule has 1 amide bonds. The third-order valence-electron chi connectivity index (χ3n) is 4.60. The second kappa shape index (κ2) is 10.2. The number of anilines is 1. The Morgan fingerprint density at radius 2 is 1.93 bits per heavy atom. The van der Waals surface area contributed by atoms with Gasteiger partial charge >= 0.3 is 0 Å². The minimum Gasteiger partial charge on any atom is -0.497 e. The quantitative estimate of drug-likeness (QED) is 0.397. The van der Waals surface area contributed by atoms with Crippen molar-refractivity contribution in [3.63, 3.8) is 0 Å². The van der Waals surface area contributed by atoms with E-state index in [9.17, 15) is 4.79 Å². The topological polar surface area (TPSA) is 96.9 Å². The zero-order chi connectivity index (χ0) is 21.3. The number of nitrogens with one attached hydrogen (secondary N) is 1. The van der Waals surface area contributed by atoms with E-state index in [2.05, 4.69) is 10.3 Å². The second-order valence-corrected chi connectivity index (χ2v) is 6.69.